The lowest BCUT2D eigenvalue weighted by atomic mass is 10.1. The predicted octanol–water partition coefficient (Wildman–Crippen LogP) is 1.60. The van der Waals surface area contributed by atoms with E-state index in [0.717, 1.165) is 11.3 Å². The summed E-state index contributed by atoms with van der Waals surface area (Å²) < 4.78 is 21.3. The molecule has 1 saturated carbocycles. The summed E-state index contributed by atoms with van der Waals surface area (Å²) in [5.74, 6) is -0.247. The molecule has 1 unspecified atom stereocenters. The highest BCUT2D eigenvalue weighted by Crippen LogP contribution is 2.63. The highest BCUT2D eigenvalue weighted by atomic mass is 35.5. The monoisotopic (exact) mass is 342 g/mol. The first kappa shape index (κ1) is 15.1. The standard InChI is InChI=1S/C10H12Cl2N2O3S2/c1-9(5-10(9,11)12)8(15)14-4-6-2-3-7(18-6)19(13,16)17/h2-3H,4-5H2,1H3,(H,14,15)(H2,13,16,17). The average Bonchev–Trinajstić information content (AvgIpc) is 2.67. The molecule has 5 nitrogen and oxygen atoms in total. The van der Waals surface area contributed by atoms with Gasteiger partial charge in [0.25, 0.3) is 0 Å². The van der Waals surface area contributed by atoms with Gasteiger partial charge in [-0.3, -0.25) is 4.79 Å². The Morgan fingerprint density at radius 3 is 2.53 bits per heavy atom. The Morgan fingerprint density at radius 2 is 2.11 bits per heavy atom. The number of nitrogens with one attached hydrogen (secondary N) is 1. The molecule has 1 aliphatic carbocycles. The summed E-state index contributed by atoms with van der Waals surface area (Å²) in [5, 5.41) is 7.69. The number of carbonyl (C=O) groups excluding carboxylic acids is 1. The van der Waals surface area contributed by atoms with Crippen molar-refractivity contribution in [2.24, 2.45) is 10.6 Å². The van der Waals surface area contributed by atoms with Gasteiger partial charge in [-0.05, 0) is 25.5 Å². The van der Waals surface area contributed by atoms with Gasteiger partial charge in [0, 0.05) is 4.88 Å². The van der Waals surface area contributed by atoms with Crippen LogP contribution in [0.25, 0.3) is 0 Å². The van der Waals surface area contributed by atoms with Crippen molar-refractivity contribution in [1.82, 2.24) is 5.32 Å². The molecule has 1 atom stereocenters. The minimum atomic E-state index is -3.69. The first-order valence-corrected chi connectivity index (χ1v) is 8.46. The van der Waals surface area contributed by atoms with Gasteiger partial charge >= 0.3 is 0 Å². The Hall–Kier alpha value is -0.340. The fourth-order valence-electron chi connectivity index (χ4n) is 1.61. The Balaban J connectivity index is 1.97. The van der Waals surface area contributed by atoms with Gasteiger partial charge in [0.15, 0.2) is 0 Å². The molecule has 0 bridgehead atoms. The third-order valence-electron chi connectivity index (χ3n) is 3.10. The molecule has 1 fully saturated rings. The third kappa shape index (κ3) is 2.90. The lowest BCUT2D eigenvalue weighted by Crippen LogP contribution is -2.32. The van der Waals surface area contributed by atoms with Gasteiger partial charge in [0.1, 0.15) is 8.54 Å². The van der Waals surface area contributed by atoms with Crippen molar-refractivity contribution >= 4 is 50.5 Å². The number of carbonyl (C=O) groups is 1. The normalized spacial score (nSPS) is 25.1. The van der Waals surface area contributed by atoms with Gasteiger partial charge in [-0.1, -0.05) is 0 Å². The third-order valence-corrected chi connectivity index (χ3v) is 6.72. The van der Waals surface area contributed by atoms with E-state index in [1.54, 1.807) is 13.0 Å². The smallest absolute Gasteiger partial charge is 0.247 e. The SMILES string of the molecule is CC1(C(=O)NCc2ccc(S(N)(=O)=O)s2)CC1(Cl)Cl. The number of alkyl halides is 2. The lowest BCUT2D eigenvalue weighted by Gasteiger charge is -2.11. The van der Waals surface area contributed by atoms with Crippen LogP contribution in [0.15, 0.2) is 16.3 Å². The topological polar surface area (TPSA) is 89.3 Å². The van der Waals surface area contributed by atoms with Crippen LogP contribution in [0.5, 0.6) is 0 Å². The number of primary sulfonamides is 1. The van der Waals surface area contributed by atoms with Crippen LogP contribution < -0.4 is 10.5 Å². The van der Waals surface area contributed by atoms with Crippen molar-refractivity contribution in [3.05, 3.63) is 17.0 Å². The van der Waals surface area contributed by atoms with Crippen molar-refractivity contribution in [2.75, 3.05) is 0 Å². The Morgan fingerprint density at radius 1 is 1.53 bits per heavy atom. The van der Waals surface area contributed by atoms with E-state index in [9.17, 15) is 13.2 Å². The summed E-state index contributed by atoms with van der Waals surface area (Å²) in [6, 6.07) is 3.02. The average molecular weight is 343 g/mol. The van der Waals surface area contributed by atoms with E-state index in [4.69, 9.17) is 28.3 Å². The summed E-state index contributed by atoms with van der Waals surface area (Å²) in [4.78, 5) is 12.6. The van der Waals surface area contributed by atoms with Gasteiger partial charge in [-0.2, -0.15) is 0 Å². The van der Waals surface area contributed by atoms with Crippen molar-refractivity contribution in [3.8, 4) is 0 Å². The van der Waals surface area contributed by atoms with E-state index in [1.165, 1.54) is 6.07 Å². The molecule has 106 valence electrons. The molecule has 3 N–H and O–H groups in total. The molecule has 1 heterocycles. The molecule has 19 heavy (non-hydrogen) atoms. The first-order valence-electron chi connectivity index (χ1n) is 5.34. The maximum Gasteiger partial charge on any atom is 0.247 e. The summed E-state index contributed by atoms with van der Waals surface area (Å²) in [5.41, 5.74) is -0.782. The number of halogens is 2. The molecule has 0 radical (unpaired) electrons. The van der Waals surface area contributed by atoms with Crippen LogP contribution in [0.1, 0.15) is 18.2 Å². The van der Waals surface area contributed by atoms with Gasteiger partial charge in [0.05, 0.1) is 12.0 Å². The molecule has 2 rings (SSSR count). The minimum Gasteiger partial charge on any atom is -0.351 e. The van der Waals surface area contributed by atoms with E-state index in [0.29, 0.717) is 11.3 Å². The van der Waals surface area contributed by atoms with E-state index >= 15 is 0 Å². The molecule has 0 aromatic carbocycles. The second-order valence-corrected chi connectivity index (χ2v) is 9.10. The molecule has 1 aliphatic rings. The highest BCUT2D eigenvalue weighted by Gasteiger charge is 2.67. The van der Waals surface area contributed by atoms with Gasteiger partial charge in [-0.25, -0.2) is 13.6 Å². The zero-order valence-electron chi connectivity index (χ0n) is 9.94. The van der Waals surface area contributed by atoms with Crippen molar-refractivity contribution in [1.29, 1.82) is 0 Å². The number of hydrogen-bond acceptors (Lipinski definition) is 4. The number of hydrogen-bond donors (Lipinski definition) is 2. The maximum atomic E-state index is 11.9. The Labute approximate surface area is 125 Å². The maximum absolute atomic E-state index is 11.9. The lowest BCUT2D eigenvalue weighted by molar-refractivity contribution is -0.125. The summed E-state index contributed by atoms with van der Waals surface area (Å²) in [7, 11) is -3.69. The largest absolute Gasteiger partial charge is 0.351 e. The van der Waals surface area contributed by atoms with Crippen LogP contribution in [-0.2, 0) is 21.4 Å². The zero-order valence-corrected chi connectivity index (χ0v) is 13.1. The number of amides is 1. The van der Waals surface area contributed by atoms with Crippen LogP contribution in [0.3, 0.4) is 0 Å². The number of nitrogens with two attached hydrogens (primary N) is 1. The van der Waals surface area contributed by atoms with E-state index in [2.05, 4.69) is 5.32 Å². The van der Waals surface area contributed by atoms with Crippen LogP contribution in [0.2, 0.25) is 0 Å². The quantitative estimate of drug-likeness (QED) is 0.814. The molecular formula is C10H12Cl2N2O3S2. The zero-order chi connectivity index (χ0) is 14.5. The Bertz CT molecular complexity index is 626. The molecule has 0 saturated heterocycles. The van der Waals surface area contributed by atoms with Crippen molar-refractivity contribution in [2.45, 2.75) is 28.4 Å². The summed E-state index contributed by atoms with van der Waals surface area (Å²) in [6.07, 6.45) is 0.405. The highest BCUT2D eigenvalue weighted by molar-refractivity contribution is 7.91. The summed E-state index contributed by atoms with van der Waals surface area (Å²) >= 11 is 12.8. The molecule has 0 aliphatic heterocycles. The van der Waals surface area contributed by atoms with Crippen LogP contribution in [-0.4, -0.2) is 18.7 Å². The van der Waals surface area contributed by atoms with E-state index in [-0.39, 0.29) is 16.7 Å². The van der Waals surface area contributed by atoms with Crippen molar-refractivity contribution in [3.63, 3.8) is 0 Å². The molecule has 1 aromatic heterocycles. The number of rotatable bonds is 4. The van der Waals surface area contributed by atoms with Crippen LogP contribution >= 0.6 is 34.5 Å². The molecule has 1 amide bonds. The predicted molar refractivity (Wildman–Crippen MR) is 74.7 cm³/mol. The van der Waals surface area contributed by atoms with Crippen LogP contribution in [0.4, 0.5) is 0 Å². The fourth-order valence-corrected chi connectivity index (χ4v) is 4.04. The molecular weight excluding hydrogens is 331 g/mol. The van der Waals surface area contributed by atoms with E-state index < -0.39 is 19.8 Å². The number of thiophene rings is 1. The Kier molecular flexibility index (Phi) is 3.64. The van der Waals surface area contributed by atoms with Gasteiger partial charge in [0.2, 0.25) is 15.9 Å². The molecule has 9 heteroatoms. The molecule has 0 spiro atoms. The van der Waals surface area contributed by atoms with Crippen LogP contribution in [0, 0.1) is 5.41 Å². The van der Waals surface area contributed by atoms with Gasteiger partial charge < -0.3 is 5.32 Å². The molecule has 1 aromatic rings. The second kappa shape index (κ2) is 4.60. The number of sulfonamides is 1. The summed E-state index contributed by atoms with van der Waals surface area (Å²) in [6.45, 7) is 1.91. The van der Waals surface area contributed by atoms with E-state index in [1.807, 2.05) is 0 Å². The fraction of sp³-hybridized carbons (Fsp3) is 0.500. The van der Waals surface area contributed by atoms with Gasteiger partial charge in [-0.15, -0.1) is 34.5 Å². The van der Waals surface area contributed by atoms with Crippen molar-refractivity contribution < 1.29 is 13.2 Å². The minimum absolute atomic E-state index is 0.0680. The first-order chi connectivity index (χ1) is 8.56. The second-order valence-electron chi connectivity index (χ2n) is 4.66.